The molecular weight excluding hydrogens is 973 g/mol. The van der Waals surface area contributed by atoms with E-state index in [0.29, 0.717) is 58.7 Å². The van der Waals surface area contributed by atoms with E-state index in [2.05, 4.69) is 202 Å². The highest BCUT2D eigenvalue weighted by atomic mass is 32.2. The van der Waals surface area contributed by atoms with Crippen molar-refractivity contribution in [3.63, 3.8) is 0 Å². The van der Waals surface area contributed by atoms with E-state index in [1.165, 1.54) is 19.5 Å². The van der Waals surface area contributed by atoms with E-state index in [4.69, 9.17) is 0 Å². The van der Waals surface area contributed by atoms with Crippen LogP contribution < -0.4 is 10.6 Å². The van der Waals surface area contributed by atoms with Crippen molar-refractivity contribution in [3.05, 3.63) is 0 Å². The standard InChI is InChI=1S/C12H26N2.C12H25NO2S.C11H24N2OS.C11H24N2.C11H23NO2S/c1-11(2,3)10-7-8-14(9-13-10)12(4,5)6;1-11(2,3)10-7-8-13(12(4,5)6)16(14,15)9-10;1-10(2,3)12-8-13(11(4,5)6)15(7,14)9-12;1-10(2,3)9-7-13(8-12-9)11(4,5)6;1-10(2,3)9-7-12(11(4,5)6)8-15(9,13)14/h10,13H,7-9H2,1-6H3;10H,7-9H2,1-6H3;7-9H2,1-6H3;9,12H,7-8H2,1-6H3;9H,7-8H2,1-6H3. The summed E-state index contributed by atoms with van der Waals surface area (Å²) in [6.07, 6.45) is 2.24. The van der Waals surface area contributed by atoms with Crippen LogP contribution >= 0.6 is 0 Å². The van der Waals surface area contributed by atoms with Crippen LogP contribution in [0.25, 0.3) is 0 Å². The Morgan fingerprint density at radius 2 is 0.822 bits per heavy atom. The Morgan fingerprint density at radius 3 is 1.07 bits per heavy atom. The first-order valence-electron chi connectivity index (χ1n) is 27.6. The maximum atomic E-state index is 12.4. The molecule has 5 atom stereocenters. The van der Waals surface area contributed by atoms with E-state index in [9.17, 15) is 21.0 Å². The van der Waals surface area contributed by atoms with Crippen molar-refractivity contribution in [2.45, 2.75) is 271 Å². The molecular formula is C57H122N8O5S3. The topological polar surface area (TPSA) is 129 Å². The van der Waals surface area contributed by atoms with Crippen LogP contribution in [0.3, 0.4) is 0 Å². The normalized spacial score (nSPS) is 28.2. The van der Waals surface area contributed by atoms with Crippen LogP contribution in [0.4, 0.5) is 0 Å². The van der Waals surface area contributed by atoms with E-state index in [-0.39, 0.29) is 50.0 Å². The Labute approximate surface area is 455 Å². The number of nitrogens with one attached hydrogen (secondary N) is 2. The van der Waals surface area contributed by atoms with Crippen molar-refractivity contribution >= 4 is 35.4 Å². The van der Waals surface area contributed by atoms with Gasteiger partial charge < -0.3 is 5.32 Å². The molecule has 0 aromatic rings. The number of hydrogen-bond acceptors (Lipinski definition) is 11. The number of sulfone groups is 1. The van der Waals surface area contributed by atoms with Gasteiger partial charge in [-0.25, -0.2) is 21.1 Å². The van der Waals surface area contributed by atoms with Crippen molar-refractivity contribution in [3.8, 4) is 0 Å². The molecule has 5 unspecified atom stereocenters. The molecule has 73 heavy (non-hydrogen) atoms. The molecule has 2 N–H and O–H groups in total. The minimum Gasteiger partial charge on any atom is -0.301 e. The van der Waals surface area contributed by atoms with Gasteiger partial charge in [-0.3, -0.25) is 29.1 Å². The highest BCUT2D eigenvalue weighted by molar-refractivity contribution is 7.98. The van der Waals surface area contributed by atoms with Gasteiger partial charge in [0.2, 0.25) is 10.0 Å². The van der Waals surface area contributed by atoms with Crippen LogP contribution in [0.2, 0.25) is 0 Å². The van der Waals surface area contributed by atoms with Gasteiger partial charge in [0, 0.05) is 94.5 Å². The van der Waals surface area contributed by atoms with Crippen molar-refractivity contribution in [2.24, 2.45) is 27.6 Å². The van der Waals surface area contributed by atoms with Crippen molar-refractivity contribution in [1.29, 1.82) is 0 Å². The lowest BCUT2D eigenvalue weighted by Gasteiger charge is -2.45. The lowest BCUT2D eigenvalue weighted by Crippen LogP contribution is -2.57. The molecule has 0 aromatic heterocycles. The fraction of sp³-hybridized carbons (Fsp3) is 0.982. The molecule has 0 aromatic carbocycles. The lowest BCUT2D eigenvalue weighted by atomic mass is 9.80. The summed E-state index contributed by atoms with van der Waals surface area (Å²) < 4.78 is 64.5. The minimum absolute atomic E-state index is 0.0559. The van der Waals surface area contributed by atoms with E-state index in [1.807, 2.05) is 45.8 Å². The molecule has 0 spiro atoms. The zero-order valence-electron chi connectivity index (χ0n) is 53.5. The summed E-state index contributed by atoms with van der Waals surface area (Å²) in [5.41, 5.74) is 0.899. The zero-order chi connectivity index (χ0) is 58.2. The number of sulfonamides is 1. The Morgan fingerprint density at radius 1 is 0.411 bits per heavy atom. The number of hydrogen-bond donors (Lipinski definition) is 2. The second kappa shape index (κ2) is 24.1. The van der Waals surface area contributed by atoms with Crippen LogP contribution in [0.1, 0.15) is 221 Å². The van der Waals surface area contributed by atoms with E-state index < -0.39 is 29.6 Å². The Balaban J connectivity index is 0.000000457. The second-order valence-corrected chi connectivity index (χ2v) is 38.7. The molecule has 5 aliphatic rings. The Hall–Kier alpha value is -0.400. The van der Waals surface area contributed by atoms with Crippen LogP contribution in [0.5, 0.6) is 0 Å². The van der Waals surface area contributed by atoms with E-state index in [1.54, 1.807) is 4.31 Å². The first-order chi connectivity index (χ1) is 31.8. The summed E-state index contributed by atoms with van der Waals surface area (Å²) in [5.74, 6) is 5.25. The summed E-state index contributed by atoms with van der Waals surface area (Å²) >= 11 is 0. The van der Waals surface area contributed by atoms with E-state index in [0.717, 1.165) is 26.4 Å². The van der Waals surface area contributed by atoms with Gasteiger partial charge in [-0.2, -0.15) is 4.31 Å². The fourth-order valence-corrected chi connectivity index (χ4v) is 17.2. The average Bonchev–Trinajstić information content (AvgIpc) is 3.86. The second-order valence-electron chi connectivity index (χ2n) is 32.4. The molecule has 438 valence electrons. The monoisotopic (exact) mass is 1090 g/mol. The smallest absolute Gasteiger partial charge is 0.214 e. The predicted octanol–water partition coefficient (Wildman–Crippen LogP) is 10.6. The van der Waals surface area contributed by atoms with Gasteiger partial charge in [0.1, 0.15) is 5.88 Å². The first kappa shape index (κ1) is 70.6. The highest BCUT2D eigenvalue weighted by Gasteiger charge is 2.47. The third kappa shape index (κ3) is 22.3. The Bertz CT molecular complexity index is 1940. The van der Waals surface area contributed by atoms with Crippen molar-refractivity contribution < 1.29 is 21.0 Å². The summed E-state index contributed by atoms with van der Waals surface area (Å²) in [7, 11) is -8.15. The van der Waals surface area contributed by atoms with Gasteiger partial charge in [-0.05, 0) is 171 Å². The molecule has 5 rings (SSSR count). The minimum atomic E-state index is -3.08. The third-order valence-corrected chi connectivity index (χ3v) is 22.2. The molecule has 0 amide bonds. The number of nitrogens with zero attached hydrogens (tertiary/aromatic N) is 6. The first-order valence-corrected chi connectivity index (χ1v) is 32.8. The van der Waals surface area contributed by atoms with Crippen LogP contribution in [0, 0.1) is 27.6 Å². The zero-order valence-corrected chi connectivity index (χ0v) is 55.9. The van der Waals surface area contributed by atoms with Gasteiger partial charge in [0.15, 0.2) is 9.84 Å². The molecule has 0 bridgehead atoms. The molecule has 5 saturated heterocycles. The molecule has 5 aliphatic heterocycles. The van der Waals surface area contributed by atoms with Gasteiger partial charge in [-0.1, -0.05) is 83.1 Å². The van der Waals surface area contributed by atoms with Gasteiger partial charge in [-0.15, -0.1) is 0 Å². The molecule has 0 aliphatic carbocycles. The molecule has 5 heterocycles. The van der Waals surface area contributed by atoms with Crippen LogP contribution in [-0.2, 0) is 29.6 Å². The summed E-state index contributed by atoms with van der Waals surface area (Å²) in [4.78, 5) is 9.30. The van der Waals surface area contributed by atoms with Crippen LogP contribution in [0.15, 0.2) is 0 Å². The number of rotatable bonds is 0. The molecule has 5 fully saturated rings. The Kier molecular flexibility index (Phi) is 23.3. The van der Waals surface area contributed by atoms with Gasteiger partial charge in [0.05, 0.1) is 23.5 Å². The molecule has 16 heteroatoms. The maximum Gasteiger partial charge on any atom is 0.214 e. The predicted molar refractivity (Wildman–Crippen MR) is 320 cm³/mol. The quantitative estimate of drug-likeness (QED) is 0.225. The van der Waals surface area contributed by atoms with Crippen molar-refractivity contribution in [2.75, 3.05) is 63.7 Å². The molecule has 13 nitrogen and oxygen atoms in total. The van der Waals surface area contributed by atoms with Gasteiger partial charge >= 0.3 is 0 Å². The summed E-state index contributed by atoms with van der Waals surface area (Å²) in [6, 6.07) is 1.30. The van der Waals surface area contributed by atoms with Crippen LogP contribution in [-0.4, -0.2) is 169 Å². The SMILES string of the molecule is C=S1(=O)CN(C(C)(C)C)CN1C(C)(C)C.CC(C)(C)C1CCN(C(C)(C)C)CN1.CC(C)(C)C1CCN(C(C)(C)C)S(=O)(=O)C1.CC(C)(C)C1CN(C(C)(C)C)CN1.CC(C)(C)C1CN(C(C)(C)C)CS1(=O)=O. The lowest BCUT2D eigenvalue weighted by molar-refractivity contribution is 0.0583. The van der Waals surface area contributed by atoms with Gasteiger partial charge in [0.25, 0.3) is 0 Å². The highest BCUT2D eigenvalue weighted by Crippen LogP contribution is 2.38. The maximum absolute atomic E-state index is 12.4. The largest absolute Gasteiger partial charge is 0.301 e. The van der Waals surface area contributed by atoms with E-state index >= 15 is 0 Å². The summed E-state index contributed by atoms with van der Waals surface area (Å²) in [6.45, 7) is 71.2. The molecule has 0 radical (unpaired) electrons. The fourth-order valence-electron chi connectivity index (χ4n) is 9.62. The average molecular weight is 1100 g/mol. The third-order valence-electron chi connectivity index (χ3n) is 15.4. The molecule has 0 saturated carbocycles. The van der Waals surface area contributed by atoms with Crippen molar-refractivity contribution in [1.82, 2.24) is 38.8 Å². The summed E-state index contributed by atoms with van der Waals surface area (Å²) in [5, 5.41) is 6.99.